The second-order valence-corrected chi connectivity index (χ2v) is 6.49. The van der Waals surface area contributed by atoms with Crippen molar-refractivity contribution in [1.29, 1.82) is 0 Å². The number of fused-ring (bicyclic) bond motifs is 1. The van der Waals surface area contributed by atoms with E-state index in [0.717, 1.165) is 25.1 Å². The molecule has 0 radical (unpaired) electrons. The number of benzene rings is 2. The lowest BCUT2D eigenvalue weighted by atomic mass is 10.2. The molecule has 1 aromatic heterocycles. The van der Waals surface area contributed by atoms with Gasteiger partial charge < -0.3 is 9.88 Å². The fraction of sp³-hybridized carbons (Fsp3) is 0.263. The van der Waals surface area contributed by atoms with E-state index in [1.54, 1.807) is 0 Å². The van der Waals surface area contributed by atoms with Gasteiger partial charge in [-0.05, 0) is 36.7 Å². The van der Waals surface area contributed by atoms with Gasteiger partial charge in [0.15, 0.2) is 0 Å². The highest BCUT2D eigenvalue weighted by molar-refractivity contribution is 6.36. The number of hydrogen-bond acceptors (Lipinski definition) is 1. The molecule has 0 saturated carbocycles. The van der Waals surface area contributed by atoms with Gasteiger partial charge in [0.05, 0.1) is 6.54 Å². The first kappa shape index (κ1) is 16.4. The molecule has 120 valence electrons. The molecule has 0 atom stereocenters. The Labute approximate surface area is 147 Å². The number of aromatic nitrogens is 1. The summed E-state index contributed by atoms with van der Waals surface area (Å²) in [6, 6.07) is 14.1. The molecule has 0 amide bonds. The van der Waals surface area contributed by atoms with Crippen LogP contribution >= 0.6 is 23.2 Å². The summed E-state index contributed by atoms with van der Waals surface area (Å²) < 4.78 is 2.23. The van der Waals surface area contributed by atoms with E-state index in [4.69, 9.17) is 23.2 Å². The SMILES string of the molecule is CCCNCc1cn(Cc2c(Cl)cccc2Cl)c2ccccc12. The fourth-order valence-electron chi connectivity index (χ4n) is 2.85. The number of nitrogens with one attached hydrogen (secondary N) is 1. The molecule has 1 N–H and O–H groups in total. The Kier molecular flexibility index (Phi) is 5.27. The predicted molar refractivity (Wildman–Crippen MR) is 99.5 cm³/mol. The molecule has 0 unspecified atom stereocenters. The zero-order valence-corrected chi connectivity index (χ0v) is 14.7. The normalized spacial score (nSPS) is 11.3. The Balaban J connectivity index is 1.97. The zero-order valence-electron chi connectivity index (χ0n) is 13.2. The van der Waals surface area contributed by atoms with E-state index in [2.05, 4.69) is 47.3 Å². The second kappa shape index (κ2) is 7.39. The van der Waals surface area contributed by atoms with Crippen LogP contribution in [0.1, 0.15) is 24.5 Å². The largest absolute Gasteiger partial charge is 0.343 e. The van der Waals surface area contributed by atoms with E-state index in [0.29, 0.717) is 16.6 Å². The monoisotopic (exact) mass is 346 g/mol. The van der Waals surface area contributed by atoms with Crippen molar-refractivity contribution in [2.45, 2.75) is 26.4 Å². The van der Waals surface area contributed by atoms with Gasteiger partial charge >= 0.3 is 0 Å². The molecular formula is C19H20Cl2N2. The second-order valence-electron chi connectivity index (χ2n) is 5.68. The van der Waals surface area contributed by atoms with Gasteiger partial charge in [-0.1, -0.05) is 54.4 Å². The Morgan fingerprint density at radius 3 is 2.48 bits per heavy atom. The van der Waals surface area contributed by atoms with Gasteiger partial charge in [-0.2, -0.15) is 0 Å². The number of para-hydroxylation sites is 1. The number of nitrogens with zero attached hydrogens (tertiary/aromatic N) is 1. The van der Waals surface area contributed by atoms with Crippen LogP contribution in [0.5, 0.6) is 0 Å². The van der Waals surface area contributed by atoms with Gasteiger partial charge in [0.25, 0.3) is 0 Å². The zero-order chi connectivity index (χ0) is 16.2. The van der Waals surface area contributed by atoms with Crippen LogP contribution in [-0.4, -0.2) is 11.1 Å². The highest BCUT2D eigenvalue weighted by Gasteiger charge is 2.11. The van der Waals surface area contributed by atoms with Gasteiger partial charge in [-0.15, -0.1) is 0 Å². The lowest BCUT2D eigenvalue weighted by Crippen LogP contribution is -2.13. The third-order valence-corrected chi connectivity index (χ3v) is 4.71. The Hall–Kier alpha value is -1.48. The molecule has 0 bridgehead atoms. The predicted octanol–water partition coefficient (Wildman–Crippen LogP) is 5.50. The summed E-state index contributed by atoms with van der Waals surface area (Å²) >= 11 is 12.7. The van der Waals surface area contributed by atoms with Crippen LogP contribution < -0.4 is 5.32 Å². The minimum absolute atomic E-state index is 0.673. The van der Waals surface area contributed by atoms with Gasteiger partial charge in [0.2, 0.25) is 0 Å². The molecule has 0 spiro atoms. The minimum Gasteiger partial charge on any atom is -0.343 e. The van der Waals surface area contributed by atoms with Gasteiger partial charge in [0.1, 0.15) is 0 Å². The van der Waals surface area contributed by atoms with Crippen molar-refractivity contribution in [2.75, 3.05) is 6.54 Å². The van der Waals surface area contributed by atoms with Gasteiger partial charge in [0, 0.05) is 39.3 Å². The molecule has 2 nitrogen and oxygen atoms in total. The third-order valence-electron chi connectivity index (χ3n) is 4.00. The van der Waals surface area contributed by atoms with Crippen molar-refractivity contribution in [3.63, 3.8) is 0 Å². The summed E-state index contributed by atoms with van der Waals surface area (Å²) in [7, 11) is 0. The molecule has 3 aromatic rings. The Bertz CT molecular complexity index is 788. The van der Waals surface area contributed by atoms with Crippen LogP contribution in [0.4, 0.5) is 0 Å². The maximum atomic E-state index is 6.33. The molecule has 0 fully saturated rings. The van der Waals surface area contributed by atoms with E-state index in [1.165, 1.54) is 16.5 Å². The topological polar surface area (TPSA) is 17.0 Å². The summed E-state index contributed by atoms with van der Waals surface area (Å²) in [5.74, 6) is 0. The maximum absolute atomic E-state index is 6.33. The van der Waals surface area contributed by atoms with Crippen molar-refractivity contribution >= 4 is 34.1 Å². The Morgan fingerprint density at radius 1 is 1.00 bits per heavy atom. The Morgan fingerprint density at radius 2 is 1.74 bits per heavy atom. The van der Waals surface area contributed by atoms with Crippen molar-refractivity contribution < 1.29 is 0 Å². The van der Waals surface area contributed by atoms with E-state index in [1.807, 2.05) is 18.2 Å². The van der Waals surface area contributed by atoms with E-state index in [-0.39, 0.29) is 0 Å². The van der Waals surface area contributed by atoms with E-state index in [9.17, 15) is 0 Å². The average Bonchev–Trinajstić information content (AvgIpc) is 2.90. The van der Waals surface area contributed by atoms with Crippen LogP contribution in [0.3, 0.4) is 0 Å². The molecule has 0 aliphatic carbocycles. The van der Waals surface area contributed by atoms with Crippen molar-refractivity contribution in [2.24, 2.45) is 0 Å². The average molecular weight is 347 g/mol. The van der Waals surface area contributed by atoms with E-state index < -0.39 is 0 Å². The number of rotatable bonds is 6. The summed E-state index contributed by atoms with van der Waals surface area (Å²) in [5.41, 5.74) is 3.47. The molecule has 2 aromatic carbocycles. The molecule has 1 heterocycles. The molecule has 4 heteroatoms. The van der Waals surface area contributed by atoms with Crippen molar-refractivity contribution in [3.8, 4) is 0 Å². The summed E-state index contributed by atoms with van der Waals surface area (Å²) in [4.78, 5) is 0. The molecule has 0 aliphatic rings. The third kappa shape index (κ3) is 3.55. The summed E-state index contributed by atoms with van der Waals surface area (Å²) in [5, 5.41) is 6.17. The van der Waals surface area contributed by atoms with Crippen molar-refractivity contribution in [3.05, 3.63) is 69.8 Å². The summed E-state index contributed by atoms with van der Waals surface area (Å²) in [6.07, 6.45) is 3.33. The minimum atomic E-state index is 0.673. The lowest BCUT2D eigenvalue weighted by molar-refractivity contribution is 0.675. The van der Waals surface area contributed by atoms with E-state index >= 15 is 0 Å². The van der Waals surface area contributed by atoms with Crippen LogP contribution in [0, 0.1) is 0 Å². The van der Waals surface area contributed by atoms with Gasteiger partial charge in [-0.25, -0.2) is 0 Å². The quantitative estimate of drug-likeness (QED) is 0.583. The smallest absolute Gasteiger partial charge is 0.0505 e. The molecular weight excluding hydrogens is 327 g/mol. The number of hydrogen-bond donors (Lipinski definition) is 1. The maximum Gasteiger partial charge on any atom is 0.0505 e. The van der Waals surface area contributed by atoms with Crippen LogP contribution in [0.2, 0.25) is 10.0 Å². The molecule has 0 saturated heterocycles. The van der Waals surface area contributed by atoms with Crippen LogP contribution in [0.25, 0.3) is 10.9 Å². The van der Waals surface area contributed by atoms with Crippen LogP contribution in [-0.2, 0) is 13.1 Å². The molecule has 0 aliphatic heterocycles. The first-order chi connectivity index (χ1) is 11.2. The first-order valence-electron chi connectivity index (χ1n) is 7.91. The summed E-state index contributed by atoms with van der Waals surface area (Å²) in [6.45, 7) is 4.75. The molecule has 3 rings (SSSR count). The van der Waals surface area contributed by atoms with Crippen molar-refractivity contribution in [1.82, 2.24) is 9.88 Å². The number of halogens is 2. The highest BCUT2D eigenvalue weighted by atomic mass is 35.5. The standard InChI is InChI=1S/C19H20Cl2N2/c1-2-10-22-11-14-12-23(19-9-4-3-6-15(14)19)13-16-17(20)7-5-8-18(16)21/h3-9,12,22H,2,10-11,13H2,1H3. The van der Waals surface area contributed by atoms with Gasteiger partial charge in [-0.3, -0.25) is 0 Å². The lowest BCUT2D eigenvalue weighted by Gasteiger charge is -2.09. The first-order valence-corrected chi connectivity index (χ1v) is 8.66. The fourth-order valence-corrected chi connectivity index (χ4v) is 3.37. The van der Waals surface area contributed by atoms with Crippen LogP contribution in [0.15, 0.2) is 48.7 Å². The molecule has 23 heavy (non-hydrogen) atoms. The highest BCUT2D eigenvalue weighted by Crippen LogP contribution is 2.28.